The number of nitrogens with zero attached hydrogens (tertiary/aromatic N) is 2. The van der Waals surface area contributed by atoms with Crippen LogP contribution < -0.4 is 9.80 Å². The molecule has 1 aliphatic heterocycles. The van der Waals surface area contributed by atoms with Crippen molar-refractivity contribution in [2.75, 3.05) is 9.80 Å². The zero-order valence-electron chi connectivity index (χ0n) is 16.0. The number of hydrogen-bond acceptors (Lipinski definition) is 2. The summed E-state index contributed by atoms with van der Waals surface area (Å²) in [6.07, 6.45) is -1.12. The molecule has 1 aliphatic rings. The van der Waals surface area contributed by atoms with Crippen LogP contribution in [0.25, 0.3) is 0 Å². The Balaban J connectivity index is 1.90. The maximum absolute atomic E-state index is 13.6. The highest BCUT2D eigenvalue weighted by molar-refractivity contribution is 6.31. The molecule has 1 heterocycles. The maximum Gasteiger partial charge on any atom is 0.332 e. The van der Waals surface area contributed by atoms with Crippen molar-refractivity contribution < 1.29 is 9.90 Å². The molecule has 6 heteroatoms. The van der Waals surface area contributed by atoms with Crippen LogP contribution in [0.3, 0.4) is 0 Å². The molecule has 0 radical (unpaired) electrons. The SMILES string of the molecule is Cc1cccc(C2(C)C(O)N(c3ccc(Cl)cc3)C(=O)N2c2ccc(Cl)cc2)c1. The third-order valence-corrected chi connectivity index (χ3v) is 5.91. The first-order chi connectivity index (χ1) is 13.8. The summed E-state index contributed by atoms with van der Waals surface area (Å²) in [6.45, 7) is 3.86. The summed E-state index contributed by atoms with van der Waals surface area (Å²) in [6, 6.07) is 21.4. The Morgan fingerprint density at radius 3 is 2.00 bits per heavy atom. The minimum absolute atomic E-state index is 0.328. The number of aliphatic hydroxyl groups is 1. The number of halogens is 2. The van der Waals surface area contributed by atoms with Crippen molar-refractivity contribution in [2.24, 2.45) is 0 Å². The number of urea groups is 1. The van der Waals surface area contributed by atoms with Gasteiger partial charge in [-0.15, -0.1) is 0 Å². The molecule has 148 valence electrons. The van der Waals surface area contributed by atoms with Gasteiger partial charge in [-0.25, -0.2) is 4.79 Å². The predicted octanol–water partition coefficient (Wildman–Crippen LogP) is 5.98. The van der Waals surface area contributed by atoms with E-state index in [1.165, 1.54) is 4.90 Å². The number of aliphatic hydroxyl groups excluding tert-OH is 1. The van der Waals surface area contributed by atoms with Gasteiger partial charge in [0, 0.05) is 21.4 Å². The second kappa shape index (κ2) is 7.38. The second-order valence-electron chi connectivity index (χ2n) is 7.33. The first-order valence-electron chi connectivity index (χ1n) is 9.22. The fourth-order valence-corrected chi connectivity index (χ4v) is 4.09. The number of hydrogen-bond donors (Lipinski definition) is 1. The minimum atomic E-state index is -1.12. The van der Waals surface area contributed by atoms with Gasteiger partial charge in [-0.1, -0.05) is 53.0 Å². The van der Waals surface area contributed by atoms with Crippen molar-refractivity contribution in [1.82, 2.24) is 0 Å². The van der Waals surface area contributed by atoms with Gasteiger partial charge in [0.15, 0.2) is 6.23 Å². The van der Waals surface area contributed by atoms with E-state index in [9.17, 15) is 9.90 Å². The molecule has 0 bridgehead atoms. The van der Waals surface area contributed by atoms with E-state index in [4.69, 9.17) is 23.2 Å². The molecule has 1 saturated heterocycles. The van der Waals surface area contributed by atoms with Crippen LogP contribution in [0.5, 0.6) is 0 Å². The molecule has 0 aliphatic carbocycles. The van der Waals surface area contributed by atoms with Gasteiger partial charge in [-0.3, -0.25) is 9.80 Å². The van der Waals surface area contributed by atoms with Gasteiger partial charge in [-0.2, -0.15) is 0 Å². The van der Waals surface area contributed by atoms with Gasteiger partial charge in [0.25, 0.3) is 0 Å². The number of aryl methyl sites for hydroxylation is 1. The molecule has 2 atom stereocenters. The standard InChI is InChI=1S/C23H20Cl2N2O2/c1-15-4-3-5-16(14-15)23(2)21(28)26(19-10-6-17(24)7-11-19)22(29)27(23)20-12-8-18(25)9-13-20/h3-14,21,28H,1-2H3. The van der Waals surface area contributed by atoms with Crippen molar-refractivity contribution in [3.63, 3.8) is 0 Å². The average molecular weight is 427 g/mol. The quantitative estimate of drug-likeness (QED) is 0.559. The van der Waals surface area contributed by atoms with Crippen LogP contribution in [0, 0.1) is 6.92 Å². The fraction of sp³-hybridized carbons (Fsp3) is 0.174. The molecule has 0 spiro atoms. The molecule has 4 nitrogen and oxygen atoms in total. The van der Waals surface area contributed by atoms with Gasteiger partial charge in [0.1, 0.15) is 5.54 Å². The number of amides is 2. The van der Waals surface area contributed by atoms with Crippen LogP contribution in [0.2, 0.25) is 10.0 Å². The smallest absolute Gasteiger partial charge is 0.332 e. The maximum atomic E-state index is 13.6. The Morgan fingerprint density at radius 1 is 0.897 bits per heavy atom. The summed E-state index contributed by atoms with van der Waals surface area (Å²) in [5, 5.41) is 12.6. The van der Waals surface area contributed by atoms with Gasteiger partial charge < -0.3 is 5.11 Å². The average Bonchev–Trinajstić information content (AvgIpc) is 2.90. The first-order valence-corrected chi connectivity index (χ1v) is 9.98. The van der Waals surface area contributed by atoms with Crippen LogP contribution >= 0.6 is 23.2 Å². The van der Waals surface area contributed by atoms with Gasteiger partial charge >= 0.3 is 6.03 Å². The number of carbonyl (C=O) groups is 1. The Kier molecular flexibility index (Phi) is 5.03. The van der Waals surface area contributed by atoms with Crippen LogP contribution in [0.1, 0.15) is 18.1 Å². The van der Waals surface area contributed by atoms with Crippen LogP contribution in [0.4, 0.5) is 16.2 Å². The molecule has 2 unspecified atom stereocenters. The summed E-state index contributed by atoms with van der Waals surface area (Å²) < 4.78 is 0. The summed E-state index contributed by atoms with van der Waals surface area (Å²) in [7, 11) is 0. The summed E-state index contributed by atoms with van der Waals surface area (Å²) in [4.78, 5) is 16.6. The molecule has 2 amide bonds. The molecule has 3 aromatic rings. The van der Waals surface area contributed by atoms with E-state index < -0.39 is 11.8 Å². The Hall–Kier alpha value is -2.53. The molecule has 1 N–H and O–H groups in total. The van der Waals surface area contributed by atoms with Crippen LogP contribution in [-0.2, 0) is 5.54 Å². The van der Waals surface area contributed by atoms with Gasteiger partial charge in [0.05, 0.1) is 0 Å². The fourth-order valence-electron chi connectivity index (χ4n) is 3.84. The van der Waals surface area contributed by atoms with E-state index in [1.54, 1.807) is 53.4 Å². The third-order valence-electron chi connectivity index (χ3n) is 5.40. The van der Waals surface area contributed by atoms with E-state index in [1.807, 2.05) is 38.1 Å². The largest absolute Gasteiger partial charge is 0.370 e. The lowest BCUT2D eigenvalue weighted by atomic mass is 9.88. The lowest BCUT2D eigenvalue weighted by Crippen LogP contribution is -2.47. The van der Waals surface area contributed by atoms with Crippen molar-refractivity contribution in [3.05, 3.63) is 94.0 Å². The van der Waals surface area contributed by atoms with Crippen molar-refractivity contribution in [2.45, 2.75) is 25.6 Å². The van der Waals surface area contributed by atoms with Crippen molar-refractivity contribution in [1.29, 1.82) is 0 Å². The molecule has 3 aromatic carbocycles. The highest BCUT2D eigenvalue weighted by Crippen LogP contribution is 2.45. The highest BCUT2D eigenvalue weighted by Gasteiger charge is 2.56. The Bertz CT molecular complexity index is 1050. The van der Waals surface area contributed by atoms with Crippen molar-refractivity contribution in [3.8, 4) is 0 Å². The first kappa shape index (κ1) is 19.8. The van der Waals surface area contributed by atoms with E-state index >= 15 is 0 Å². The number of rotatable bonds is 3. The summed E-state index contributed by atoms with van der Waals surface area (Å²) >= 11 is 12.1. The number of carbonyl (C=O) groups excluding carboxylic acids is 1. The number of anilines is 2. The topological polar surface area (TPSA) is 43.8 Å². The molecule has 0 saturated carbocycles. The monoisotopic (exact) mass is 426 g/mol. The molecule has 4 rings (SSSR count). The lowest BCUT2D eigenvalue weighted by molar-refractivity contribution is 0.119. The molecular weight excluding hydrogens is 407 g/mol. The van der Waals surface area contributed by atoms with E-state index in [0.717, 1.165) is 11.1 Å². The van der Waals surface area contributed by atoms with Crippen LogP contribution in [-0.4, -0.2) is 17.4 Å². The van der Waals surface area contributed by atoms with E-state index in [-0.39, 0.29) is 6.03 Å². The number of benzene rings is 3. The zero-order valence-corrected chi connectivity index (χ0v) is 17.5. The lowest BCUT2D eigenvalue weighted by Gasteiger charge is -2.36. The zero-order chi connectivity index (χ0) is 20.8. The molecule has 0 aromatic heterocycles. The minimum Gasteiger partial charge on any atom is -0.370 e. The molecule has 1 fully saturated rings. The second-order valence-corrected chi connectivity index (χ2v) is 8.20. The molecule has 29 heavy (non-hydrogen) atoms. The van der Waals surface area contributed by atoms with Crippen LogP contribution in [0.15, 0.2) is 72.8 Å². The van der Waals surface area contributed by atoms with Gasteiger partial charge in [-0.05, 0) is 67.9 Å². The van der Waals surface area contributed by atoms with E-state index in [0.29, 0.717) is 21.4 Å². The Labute approximate surface area is 179 Å². The van der Waals surface area contributed by atoms with E-state index in [2.05, 4.69) is 0 Å². The summed E-state index contributed by atoms with van der Waals surface area (Å²) in [5.74, 6) is 0. The van der Waals surface area contributed by atoms with Crippen molar-refractivity contribution >= 4 is 40.6 Å². The molecular formula is C23H20Cl2N2O2. The predicted molar refractivity (Wildman–Crippen MR) is 118 cm³/mol. The third kappa shape index (κ3) is 3.27. The Morgan fingerprint density at radius 2 is 1.45 bits per heavy atom. The summed E-state index contributed by atoms with van der Waals surface area (Å²) in [5.41, 5.74) is 2.09. The normalized spacial score (nSPS) is 21.7. The van der Waals surface area contributed by atoms with Gasteiger partial charge in [0.2, 0.25) is 0 Å². The highest BCUT2D eigenvalue weighted by atomic mass is 35.5.